The van der Waals surface area contributed by atoms with Gasteiger partial charge in [-0.1, -0.05) is 6.92 Å². The topological polar surface area (TPSA) is 80.9 Å². The fourth-order valence-corrected chi connectivity index (χ4v) is 1.68. The minimum Gasteiger partial charge on any atom is -0.369 e. The van der Waals surface area contributed by atoms with Crippen molar-refractivity contribution in [3.63, 3.8) is 0 Å². The summed E-state index contributed by atoms with van der Waals surface area (Å²) in [6.07, 6.45) is 1.67. The Morgan fingerprint density at radius 3 is 3.00 bits per heavy atom. The second kappa shape index (κ2) is 5.65. The zero-order valence-corrected chi connectivity index (χ0v) is 9.80. The van der Waals surface area contributed by atoms with Crippen LogP contribution in [0.3, 0.4) is 0 Å². The van der Waals surface area contributed by atoms with E-state index in [-0.39, 0.29) is 5.95 Å². The number of hydrogen-bond acceptors (Lipinski definition) is 5. The summed E-state index contributed by atoms with van der Waals surface area (Å²) in [5.74, 6) is 2.28. The monoisotopic (exact) mass is 228 g/mol. The number of anilines is 2. The van der Waals surface area contributed by atoms with Gasteiger partial charge < -0.3 is 11.1 Å². The summed E-state index contributed by atoms with van der Waals surface area (Å²) >= 11 is 0. The Kier molecular flexibility index (Phi) is 4.48. The van der Waals surface area contributed by atoms with E-state index in [0.29, 0.717) is 18.1 Å². The SMILES string of the molecule is CCS(=O)CCNc1nc(N)ncc1C. The van der Waals surface area contributed by atoms with Crippen molar-refractivity contribution >= 4 is 22.6 Å². The highest BCUT2D eigenvalue weighted by atomic mass is 32.2. The lowest BCUT2D eigenvalue weighted by molar-refractivity contribution is 0.684. The van der Waals surface area contributed by atoms with Crippen LogP contribution in [-0.2, 0) is 10.8 Å². The summed E-state index contributed by atoms with van der Waals surface area (Å²) in [5, 5.41) is 3.09. The highest BCUT2D eigenvalue weighted by Crippen LogP contribution is 2.09. The Morgan fingerprint density at radius 2 is 2.33 bits per heavy atom. The lowest BCUT2D eigenvalue weighted by atomic mass is 10.3. The number of aromatic nitrogens is 2. The molecule has 0 aliphatic carbocycles. The molecule has 15 heavy (non-hydrogen) atoms. The molecule has 0 aliphatic rings. The number of nitrogen functional groups attached to an aromatic ring is 1. The summed E-state index contributed by atoms with van der Waals surface area (Å²) < 4.78 is 11.2. The highest BCUT2D eigenvalue weighted by molar-refractivity contribution is 7.84. The number of aryl methyl sites for hydroxylation is 1. The molecule has 0 fully saturated rings. The van der Waals surface area contributed by atoms with Crippen molar-refractivity contribution in [2.45, 2.75) is 13.8 Å². The molecule has 0 spiro atoms. The molecule has 1 aromatic heterocycles. The second-order valence-corrected chi connectivity index (χ2v) is 4.98. The lowest BCUT2D eigenvalue weighted by Crippen LogP contribution is -2.14. The number of nitrogens with two attached hydrogens (primary N) is 1. The van der Waals surface area contributed by atoms with Crippen LogP contribution in [0.5, 0.6) is 0 Å². The molecule has 1 atom stereocenters. The fourth-order valence-electron chi connectivity index (χ4n) is 1.06. The van der Waals surface area contributed by atoms with Crippen molar-refractivity contribution in [2.75, 3.05) is 29.1 Å². The van der Waals surface area contributed by atoms with E-state index in [1.165, 1.54) is 0 Å². The minimum atomic E-state index is -0.750. The third kappa shape index (κ3) is 3.83. The van der Waals surface area contributed by atoms with E-state index >= 15 is 0 Å². The maximum atomic E-state index is 11.2. The molecule has 1 heterocycles. The van der Waals surface area contributed by atoms with Crippen LogP contribution >= 0.6 is 0 Å². The van der Waals surface area contributed by atoms with Crippen LogP contribution in [-0.4, -0.2) is 32.2 Å². The van der Waals surface area contributed by atoms with Gasteiger partial charge in [0.05, 0.1) is 0 Å². The van der Waals surface area contributed by atoms with Crippen LogP contribution in [0.25, 0.3) is 0 Å². The zero-order chi connectivity index (χ0) is 11.3. The minimum absolute atomic E-state index is 0.250. The van der Waals surface area contributed by atoms with Crippen LogP contribution in [0, 0.1) is 6.92 Å². The molecule has 0 amide bonds. The second-order valence-electron chi connectivity index (χ2n) is 3.12. The molecule has 5 nitrogen and oxygen atoms in total. The molecule has 6 heteroatoms. The first-order valence-corrected chi connectivity index (χ1v) is 6.30. The van der Waals surface area contributed by atoms with Crippen LogP contribution in [0.4, 0.5) is 11.8 Å². The molecule has 3 N–H and O–H groups in total. The third-order valence-corrected chi connectivity index (χ3v) is 3.24. The van der Waals surface area contributed by atoms with Crippen molar-refractivity contribution in [2.24, 2.45) is 0 Å². The summed E-state index contributed by atoms with van der Waals surface area (Å²) in [6.45, 7) is 4.44. The van der Waals surface area contributed by atoms with E-state index in [2.05, 4.69) is 15.3 Å². The van der Waals surface area contributed by atoms with Gasteiger partial charge in [-0.15, -0.1) is 0 Å². The van der Waals surface area contributed by atoms with Gasteiger partial charge in [0, 0.05) is 40.6 Å². The number of nitrogens with one attached hydrogen (secondary N) is 1. The van der Waals surface area contributed by atoms with Crippen molar-refractivity contribution in [1.82, 2.24) is 9.97 Å². The molecule has 0 radical (unpaired) electrons. The number of rotatable bonds is 5. The molecule has 1 rings (SSSR count). The summed E-state index contributed by atoms with van der Waals surface area (Å²) in [7, 11) is -0.750. The van der Waals surface area contributed by atoms with E-state index in [1.807, 2.05) is 13.8 Å². The predicted octanol–water partition coefficient (Wildman–Crippen LogP) is 0.548. The van der Waals surface area contributed by atoms with Crippen LogP contribution in [0.15, 0.2) is 6.20 Å². The maximum absolute atomic E-state index is 11.2. The molecule has 1 unspecified atom stereocenters. The van der Waals surface area contributed by atoms with Gasteiger partial charge in [-0.05, 0) is 6.92 Å². The van der Waals surface area contributed by atoms with Crippen molar-refractivity contribution in [3.8, 4) is 0 Å². The summed E-state index contributed by atoms with van der Waals surface area (Å²) in [6, 6.07) is 0. The standard InChI is InChI=1S/C9H16N4OS/c1-3-15(14)5-4-11-8-7(2)6-12-9(10)13-8/h6H,3-5H2,1-2H3,(H3,10,11,12,13). The van der Waals surface area contributed by atoms with Gasteiger partial charge in [0.15, 0.2) is 0 Å². The molecule has 0 bridgehead atoms. The number of nitrogens with zero attached hydrogens (tertiary/aromatic N) is 2. The Morgan fingerprint density at radius 1 is 1.60 bits per heavy atom. The maximum Gasteiger partial charge on any atom is 0.221 e. The Balaban J connectivity index is 2.50. The highest BCUT2D eigenvalue weighted by Gasteiger charge is 2.01. The third-order valence-electron chi connectivity index (χ3n) is 1.93. The molecule has 84 valence electrons. The van der Waals surface area contributed by atoms with Gasteiger partial charge in [0.1, 0.15) is 5.82 Å². The van der Waals surface area contributed by atoms with Crippen molar-refractivity contribution in [3.05, 3.63) is 11.8 Å². The zero-order valence-electron chi connectivity index (χ0n) is 8.99. The summed E-state index contributed by atoms with van der Waals surface area (Å²) in [5.41, 5.74) is 6.40. The average Bonchev–Trinajstić information content (AvgIpc) is 2.23. The fraction of sp³-hybridized carbons (Fsp3) is 0.556. The van der Waals surface area contributed by atoms with E-state index in [4.69, 9.17) is 5.73 Å². The molecule has 0 saturated carbocycles. The molecule has 0 aromatic carbocycles. The van der Waals surface area contributed by atoms with Crippen LogP contribution in [0.1, 0.15) is 12.5 Å². The first-order chi connectivity index (χ1) is 7.13. The van der Waals surface area contributed by atoms with Gasteiger partial charge >= 0.3 is 0 Å². The average molecular weight is 228 g/mol. The normalized spacial score (nSPS) is 12.4. The van der Waals surface area contributed by atoms with Gasteiger partial charge in [-0.2, -0.15) is 4.98 Å². The van der Waals surface area contributed by atoms with Gasteiger partial charge in [-0.25, -0.2) is 4.98 Å². The molecular weight excluding hydrogens is 212 g/mol. The molecular formula is C9H16N4OS. The predicted molar refractivity (Wildman–Crippen MR) is 63.2 cm³/mol. The smallest absolute Gasteiger partial charge is 0.221 e. The Bertz CT molecular complexity index is 356. The van der Waals surface area contributed by atoms with Gasteiger partial charge in [0.25, 0.3) is 0 Å². The van der Waals surface area contributed by atoms with E-state index in [9.17, 15) is 4.21 Å². The van der Waals surface area contributed by atoms with Crippen LogP contribution in [0.2, 0.25) is 0 Å². The van der Waals surface area contributed by atoms with Crippen LogP contribution < -0.4 is 11.1 Å². The lowest BCUT2D eigenvalue weighted by Gasteiger charge is -2.07. The van der Waals surface area contributed by atoms with E-state index < -0.39 is 10.8 Å². The molecule has 0 saturated heterocycles. The van der Waals surface area contributed by atoms with Gasteiger partial charge in [0.2, 0.25) is 5.95 Å². The number of hydrogen-bond donors (Lipinski definition) is 2. The van der Waals surface area contributed by atoms with E-state index in [1.54, 1.807) is 6.20 Å². The Labute approximate surface area is 92.0 Å². The van der Waals surface area contributed by atoms with Crippen molar-refractivity contribution in [1.29, 1.82) is 0 Å². The van der Waals surface area contributed by atoms with Crippen molar-refractivity contribution < 1.29 is 4.21 Å². The van der Waals surface area contributed by atoms with Gasteiger partial charge in [-0.3, -0.25) is 4.21 Å². The quantitative estimate of drug-likeness (QED) is 0.769. The molecule has 0 aliphatic heterocycles. The Hall–Kier alpha value is -1.17. The molecule has 1 aromatic rings. The van der Waals surface area contributed by atoms with E-state index in [0.717, 1.165) is 11.4 Å². The summed E-state index contributed by atoms with van der Waals surface area (Å²) in [4.78, 5) is 7.92. The first kappa shape index (κ1) is 11.9. The first-order valence-electron chi connectivity index (χ1n) is 4.81. The largest absolute Gasteiger partial charge is 0.369 e.